The lowest BCUT2D eigenvalue weighted by molar-refractivity contribution is -0.253. The fourth-order valence-corrected chi connectivity index (χ4v) is 6.84. The van der Waals surface area contributed by atoms with Gasteiger partial charge < -0.3 is 30.9 Å². The molecule has 5 N–H and O–H groups in total. The Hall–Kier alpha value is -5.32. The Morgan fingerprint density at radius 1 is 0.655 bits per heavy atom. The van der Waals surface area contributed by atoms with Crippen molar-refractivity contribution in [3.8, 4) is 0 Å². The van der Waals surface area contributed by atoms with Crippen LogP contribution in [0.2, 0.25) is 0 Å². The molecular weight excluding hydrogens is 689 g/mol. The van der Waals surface area contributed by atoms with E-state index in [-0.39, 0.29) is 30.6 Å². The fourth-order valence-electron chi connectivity index (χ4n) is 6.84. The predicted octanol–water partition coefficient (Wildman–Crippen LogP) is 8.21. The van der Waals surface area contributed by atoms with E-state index in [4.69, 9.17) is 15.2 Å². The first kappa shape index (κ1) is 39.4. The molecule has 1 fully saturated rings. The molecule has 1 aliphatic heterocycles. The molecule has 5 aromatic carbocycles. The number of ether oxygens (including phenoxy) is 2. The molecule has 2 amide bonds. The molecule has 0 unspecified atom stereocenters. The Bertz CT molecular complexity index is 1880. The van der Waals surface area contributed by atoms with E-state index in [0.717, 1.165) is 48.3 Å². The number of hydrogen-bond donors (Lipinski definition) is 4. The second kappa shape index (κ2) is 20.4. The third kappa shape index (κ3) is 12.3. The number of nitrogens with one attached hydrogen (secondary N) is 2. The Balaban J connectivity index is 1.03. The summed E-state index contributed by atoms with van der Waals surface area (Å²) in [5.74, 6) is -0.0938. The van der Waals surface area contributed by atoms with Gasteiger partial charge in [-0.25, -0.2) is 0 Å². The van der Waals surface area contributed by atoms with E-state index in [1.54, 1.807) is 12.1 Å². The van der Waals surface area contributed by atoms with Gasteiger partial charge in [-0.3, -0.25) is 14.5 Å². The number of hydrogen-bond acceptors (Lipinski definition) is 7. The molecular formula is C46H52N4O5. The first-order chi connectivity index (χ1) is 26.9. The van der Waals surface area contributed by atoms with Crippen LogP contribution in [0.25, 0.3) is 0 Å². The van der Waals surface area contributed by atoms with Crippen molar-refractivity contribution in [2.45, 2.75) is 83.3 Å². The number of carbonyl (C=O) groups excluding carboxylic acids is 2. The zero-order valence-corrected chi connectivity index (χ0v) is 31.3. The zero-order valence-electron chi connectivity index (χ0n) is 31.3. The summed E-state index contributed by atoms with van der Waals surface area (Å²) in [7, 11) is 0. The van der Waals surface area contributed by atoms with Crippen molar-refractivity contribution in [1.82, 2.24) is 10.2 Å². The number of anilines is 2. The average molecular weight is 741 g/mol. The van der Waals surface area contributed by atoms with Gasteiger partial charge >= 0.3 is 0 Å². The van der Waals surface area contributed by atoms with E-state index >= 15 is 0 Å². The quantitative estimate of drug-likeness (QED) is 0.0527. The van der Waals surface area contributed by atoms with Crippen LogP contribution in [0.4, 0.5) is 11.4 Å². The van der Waals surface area contributed by atoms with Gasteiger partial charge in [-0.05, 0) is 52.8 Å². The highest BCUT2D eigenvalue weighted by atomic mass is 16.7. The van der Waals surface area contributed by atoms with Gasteiger partial charge in [0.25, 0.3) is 0 Å². The smallest absolute Gasteiger partial charge is 0.224 e. The van der Waals surface area contributed by atoms with Crippen molar-refractivity contribution in [2.24, 2.45) is 0 Å². The zero-order chi connectivity index (χ0) is 38.2. The molecule has 0 aliphatic carbocycles. The average Bonchev–Trinajstić information content (AvgIpc) is 3.21. The highest BCUT2D eigenvalue weighted by Crippen LogP contribution is 2.38. The van der Waals surface area contributed by atoms with Gasteiger partial charge in [0.1, 0.15) is 0 Å². The number of carbonyl (C=O) groups is 2. The minimum Gasteiger partial charge on any atom is -0.397 e. The molecule has 1 heterocycles. The van der Waals surface area contributed by atoms with E-state index in [1.165, 1.54) is 11.1 Å². The molecule has 0 saturated carbocycles. The molecule has 5 aromatic rings. The molecule has 0 aromatic heterocycles. The summed E-state index contributed by atoms with van der Waals surface area (Å²) in [4.78, 5) is 27.3. The number of aliphatic hydroxyl groups is 1. The molecule has 0 radical (unpaired) electrons. The van der Waals surface area contributed by atoms with Gasteiger partial charge in [-0.2, -0.15) is 0 Å². The van der Waals surface area contributed by atoms with Crippen LogP contribution < -0.4 is 16.4 Å². The van der Waals surface area contributed by atoms with E-state index in [2.05, 4.69) is 64.1 Å². The van der Waals surface area contributed by atoms with Crippen molar-refractivity contribution in [3.05, 3.63) is 167 Å². The lowest BCUT2D eigenvalue weighted by Crippen LogP contribution is -2.39. The fraction of sp³-hybridized carbons (Fsp3) is 0.304. The van der Waals surface area contributed by atoms with Gasteiger partial charge in [0.2, 0.25) is 11.8 Å². The second-order valence-electron chi connectivity index (χ2n) is 14.2. The summed E-state index contributed by atoms with van der Waals surface area (Å²) in [6.07, 6.45) is 2.80. The van der Waals surface area contributed by atoms with Crippen molar-refractivity contribution >= 4 is 23.2 Å². The minimum absolute atomic E-state index is 0.00684. The first-order valence-corrected chi connectivity index (χ1v) is 19.2. The lowest BCUT2D eigenvalue weighted by atomic mass is 9.99. The Morgan fingerprint density at radius 3 is 1.87 bits per heavy atom. The van der Waals surface area contributed by atoms with Crippen LogP contribution in [0.1, 0.15) is 84.3 Å². The third-order valence-electron chi connectivity index (χ3n) is 9.86. The highest BCUT2D eigenvalue weighted by molar-refractivity contribution is 5.93. The standard InChI is InChI=1S/C46H52N4O5/c47-41-16-10-11-17-42(41)49-45(53)19-9-3-8-18-44(52)48-29-34-20-26-39(27-21-34)46-54-40(28-43(55-46)38-24-22-37(33-51)23-25-38)32-50(30-35-12-4-1-5-13-35)31-36-14-6-2-7-15-36/h1-2,4-7,10-17,20-27,40,43,46,51H,3,8-9,18-19,28-33,47H2,(H,48,52)(H,49,53)/t40-,43+,46+/m0/s1. The summed E-state index contributed by atoms with van der Waals surface area (Å²) < 4.78 is 13.4. The molecule has 1 saturated heterocycles. The maximum atomic E-state index is 12.6. The molecule has 9 heteroatoms. The van der Waals surface area contributed by atoms with Crippen LogP contribution in [-0.2, 0) is 45.3 Å². The van der Waals surface area contributed by atoms with Gasteiger partial charge in [-0.15, -0.1) is 0 Å². The molecule has 55 heavy (non-hydrogen) atoms. The van der Waals surface area contributed by atoms with E-state index in [1.807, 2.05) is 72.8 Å². The number of para-hydroxylation sites is 2. The summed E-state index contributed by atoms with van der Waals surface area (Å²) in [5.41, 5.74) is 13.4. The van der Waals surface area contributed by atoms with Crippen molar-refractivity contribution < 1.29 is 24.2 Å². The van der Waals surface area contributed by atoms with Crippen LogP contribution in [0.3, 0.4) is 0 Å². The Labute approximate surface area is 324 Å². The largest absolute Gasteiger partial charge is 0.397 e. The van der Waals surface area contributed by atoms with Crippen LogP contribution in [-0.4, -0.2) is 34.5 Å². The number of benzene rings is 5. The topological polar surface area (TPSA) is 126 Å². The summed E-state index contributed by atoms with van der Waals surface area (Å²) in [6.45, 7) is 2.71. The van der Waals surface area contributed by atoms with Crippen LogP contribution in [0.15, 0.2) is 133 Å². The maximum Gasteiger partial charge on any atom is 0.224 e. The SMILES string of the molecule is Nc1ccccc1NC(=O)CCCCCC(=O)NCc1ccc([C@@H]2O[C@H](CN(Cc3ccccc3)Cc3ccccc3)C[C@H](c3ccc(CO)cc3)O2)cc1. The number of nitrogens with two attached hydrogens (primary N) is 1. The first-order valence-electron chi connectivity index (χ1n) is 19.2. The summed E-state index contributed by atoms with van der Waals surface area (Å²) in [5, 5.41) is 15.5. The van der Waals surface area contributed by atoms with Gasteiger partial charge in [0, 0.05) is 51.0 Å². The number of rotatable bonds is 18. The van der Waals surface area contributed by atoms with Crippen LogP contribution in [0, 0.1) is 0 Å². The van der Waals surface area contributed by atoms with Gasteiger partial charge in [0.05, 0.1) is 30.2 Å². The molecule has 1 aliphatic rings. The minimum atomic E-state index is -0.577. The van der Waals surface area contributed by atoms with Crippen LogP contribution in [0.5, 0.6) is 0 Å². The molecule has 3 atom stereocenters. The number of aliphatic hydroxyl groups excluding tert-OH is 1. The lowest BCUT2D eigenvalue weighted by Gasteiger charge is -2.38. The number of nitrogen functional groups attached to an aromatic ring is 1. The Kier molecular flexibility index (Phi) is 14.6. The molecule has 0 bridgehead atoms. The van der Waals surface area contributed by atoms with Crippen molar-refractivity contribution in [1.29, 1.82) is 0 Å². The van der Waals surface area contributed by atoms with Crippen LogP contribution >= 0.6 is 0 Å². The second-order valence-corrected chi connectivity index (χ2v) is 14.2. The normalized spacial score (nSPS) is 16.8. The monoisotopic (exact) mass is 740 g/mol. The summed E-state index contributed by atoms with van der Waals surface area (Å²) in [6, 6.07) is 44.2. The molecule has 6 rings (SSSR count). The maximum absolute atomic E-state index is 12.6. The number of amides is 2. The van der Waals surface area contributed by atoms with E-state index in [9.17, 15) is 14.7 Å². The van der Waals surface area contributed by atoms with Crippen molar-refractivity contribution in [2.75, 3.05) is 17.6 Å². The predicted molar refractivity (Wildman–Crippen MR) is 216 cm³/mol. The summed E-state index contributed by atoms with van der Waals surface area (Å²) >= 11 is 0. The van der Waals surface area contributed by atoms with Gasteiger partial charge in [-0.1, -0.05) is 128 Å². The molecule has 9 nitrogen and oxygen atoms in total. The Morgan fingerprint density at radius 2 is 1.24 bits per heavy atom. The highest BCUT2D eigenvalue weighted by Gasteiger charge is 2.33. The molecule has 286 valence electrons. The molecule has 0 spiro atoms. The number of nitrogens with zero attached hydrogens (tertiary/aromatic N) is 1. The van der Waals surface area contributed by atoms with E-state index in [0.29, 0.717) is 50.0 Å². The van der Waals surface area contributed by atoms with E-state index < -0.39 is 6.29 Å². The van der Waals surface area contributed by atoms with Crippen molar-refractivity contribution in [3.63, 3.8) is 0 Å². The third-order valence-corrected chi connectivity index (χ3v) is 9.86. The van der Waals surface area contributed by atoms with Gasteiger partial charge in [0.15, 0.2) is 6.29 Å². The number of unbranched alkanes of at least 4 members (excludes halogenated alkanes) is 2.